The third kappa shape index (κ3) is 2.28. The fourth-order valence-electron chi connectivity index (χ4n) is 4.77. The van der Waals surface area contributed by atoms with Crippen molar-refractivity contribution in [2.45, 2.75) is 6.92 Å². The van der Waals surface area contributed by atoms with Gasteiger partial charge in [0.05, 0.1) is 26.9 Å². The lowest BCUT2D eigenvalue weighted by Crippen LogP contribution is -2.02. The predicted octanol–water partition coefficient (Wildman–Crippen LogP) is 7.40. The molecule has 0 bridgehead atoms. The number of benzene rings is 4. The van der Waals surface area contributed by atoms with Gasteiger partial charge in [-0.2, -0.15) is 0 Å². The highest BCUT2D eigenvalue weighted by Crippen LogP contribution is 2.38. The zero-order valence-electron chi connectivity index (χ0n) is 16.8. The number of fused-ring (bicyclic) bond motifs is 8. The molecule has 3 heterocycles. The SMILES string of the molecule is Cc1nc(-n2c3ccccc3c3c4ccccc4ccc32)nc2c1sc1ccccc12. The average molecular weight is 416 g/mol. The Morgan fingerprint density at radius 3 is 2.32 bits per heavy atom. The smallest absolute Gasteiger partial charge is 0.235 e. The second-order valence-electron chi connectivity index (χ2n) is 7.92. The third-order valence-electron chi connectivity index (χ3n) is 6.14. The molecule has 0 radical (unpaired) electrons. The number of hydrogen-bond acceptors (Lipinski definition) is 3. The van der Waals surface area contributed by atoms with E-state index in [9.17, 15) is 0 Å². The highest BCUT2D eigenvalue weighted by molar-refractivity contribution is 7.25. The standard InChI is InChI=1S/C27H17N3S/c1-16-26-25(20-11-5-7-13-23(20)31-26)29-27(28-16)30-21-12-6-4-10-19(21)24-18-9-3-2-8-17(18)14-15-22(24)30/h2-15H,1H3. The van der Waals surface area contributed by atoms with Gasteiger partial charge in [0.15, 0.2) is 0 Å². The van der Waals surface area contributed by atoms with Crippen molar-refractivity contribution in [1.82, 2.24) is 14.5 Å². The van der Waals surface area contributed by atoms with Crippen molar-refractivity contribution >= 4 is 64.2 Å². The van der Waals surface area contributed by atoms with Crippen molar-refractivity contribution in [2.75, 3.05) is 0 Å². The molecule has 31 heavy (non-hydrogen) atoms. The average Bonchev–Trinajstić information content (AvgIpc) is 3.35. The molecule has 0 saturated heterocycles. The van der Waals surface area contributed by atoms with Gasteiger partial charge in [-0.05, 0) is 35.9 Å². The number of rotatable bonds is 1. The molecule has 7 aromatic rings. The van der Waals surface area contributed by atoms with E-state index in [0.717, 1.165) is 32.9 Å². The van der Waals surface area contributed by atoms with Crippen molar-refractivity contribution in [3.63, 3.8) is 0 Å². The van der Waals surface area contributed by atoms with Gasteiger partial charge in [-0.3, -0.25) is 4.57 Å². The summed E-state index contributed by atoms with van der Waals surface area (Å²) in [6.45, 7) is 2.09. The molecule has 0 unspecified atom stereocenters. The Morgan fingerprint density at radius 2 is 1.42 bits per heavy atom. The number of para-hydroxylation sites is 1. The molecule has 0 N–H and O–H groups in total. The van der Waals surface area contributed by atoms with Crippen LogP contribution in [-0.4, -0.2) is 14.5 Å². The quantitative estimate of drug-likeness (QED) is 0.280. The Kier molecular flexibility index (Phi) is 3.35. The lowest BCUT2D eigenvalue weighted by molar-refractivity contribution is 0.993. The Hall–Kier alpha value is -3.76. The molecule has 0 aliphatic heterocycles. The van der Waals surface area contributed by atoms with E-state index in [2.05, 4.69) is 96.4 Å². The molecular formula is C27H17N3S. The molecule has 3 nitrogen and oxygen atoms in total. The van der Waals surface area contributed by atoms with E-state index >= 15 is 0 Å². The van der Waals surface area contributed by atoms with Crippen LogP contribution in [0.5, 0.6) is 0 Å². The first-order valence-electron chi connectivity index (χ1n) is 10.4. The fourth-order valence-corrected chi connectivity index (χ4v) is 5.86. The van der Waals surface area contributed by atoms with Crippen LogP contribution in [0.2, 0.25) is 0 Å². The van der Waals surface area contributed by atoms with Gasteiger partial charge in [0.2, 0.25) is 5.95 Å². The molecular weight excluding hydrogens is 398 g/mol. The summed E-state index contributed by atoms with van der Waals surface area (Å²) >= 11 is 1.77. The predicted molar refractivity (Wildman–Crippen MR) is 132 cm³/mol. The lowest BCUT2D eigenvalue weighted by atomic mass is 10.0. The first-order chi connectivity index (χ1) is 15.3. The number of hydrogen-bond donors (Lipinski definition) is 0. The van der Waals surface area contributed by atoms with Crippen LogP contribution in [0.4, 0.5) is 0 Å². The molecule has 4 heteroatoms. The van der Waals surface area contributed by atoms with Crippen LogP contribution in [0.25, 0.3) is 58.8 Å². The second kappa shape index (κ2) is 6.13. The number of aromatic nitrogens is 3. The maximum absolute atomic E-state index is 5.11. The van der Waals surface area contributed by atoms with E-state index in [1.54, 1.807) is 11.3 Å². The van der Waals surface area contributed by atoms with Gasteiger partial charge in [0.25, 0.3) is 0 Å². The largest absolute Gasteiger partial charge is 0.278 e. The van der Waals surface area contributed by atoms with E-state index in [-0.39, 0.29) is 0 Å². The molecule has 0 atom stereocenters. The van der Waals surface area contributed by atoms with Crippen molar-refractivity contribution in [3.8, 4) is 5.95 Å². The van der Waals surface area contributed by atoms with Crippen LogP contribution in [0.3, 0.4) is 0 Å². The molecule has 4 aromatic carbocycles. The van der Waals surface area contributed by atoms with Crippen LogP contribution in [0, 0.1) is 6.92 Å². The van der Waals surface area contributed by atoms with Crippen LogP contribution in [-0.2, 0) is 0 Å². The van der Waals surface area contributed by atoms with Crippen molar-refractivity contribution < 1.29 is 0 Å². The Labute approximate surface area is 182 Å². The molecule has 0 aliphatic carbocycles. The Balaban J connectivity index is 1.67. The summed E-state index contributed by atoms with van der Waals surface area (Å²) in [4.78, 5) is 10.1. The summed E-state index contributed by atoms with van der Waals surface area (Å²) in [5.41, 5.74) is 4.33. The number of nitrogens with zero attached hydrogens (tertiary/aromatic N) is 3. The maximum atomic E-state index is 5.11. The minimum Gasteiger partial charge on any atom is -0.278 e. The topological polar surface area (TPSA) is 30.7 Å². The van der Waals surface area contributed by atoms with E-state index < -0.39 is 0 Å². The third-order valence-corrected chi connectivity index (χ3v) is 7.41. The maximum Gasteiger partial charge on any atom is 0.235 e. The van der Waals surface area contributed by atoms with Crippen LogP contribution < -0.4 is 0 Å². The molecule has 3 aromatic heterocycles. The monoisotopic (exact) mass is 415 g/mol. The Bertz CT molecular complexity index is 1810. The zero-order chi connectivity index (χ0) is 20.5. The van der Waals surface area contributed by atoms with E-state index in [4.69, 9.17) is 9.97 Å². The molecule has 0 saturated carbocycles. The number of aryl methyl sites for hydroxylation is 1. The van der Waals surface area contributed by atoms with Gasteiger partial charge in [-0.25, -0.2) is 9.97 Å². The molecule has 0 amide bonds. The highest BCUT2D eigenvalue weighted by Gasteiger charge is 2.18. The van der Waals surface area contributed by atoms with E-state index in [1.165, 1.54) is 31.6 Å². The van der Waals surface area contributed by atoms with Gasteiger partial charge in [0, 0.05) is 20.9 Å². The van der Waals surface area contributed by atoms with Gasteiger partial charge < -0.3 is 0 Å². The van der Waals surface area contributed by atoms with E-state index in [0.29, 0.717) is 0 Å². The summed E-state index contributed by atoms with van der Waals surface area (Å²) in [6, 6.07) is 30.0. The van der Waals surface area contributed by atoms with Crippen LogP contribution in [0.1, 0.15) is 5.69 Å². The second-order valence-corrected chi connectivity index (χ2v) is 8.97. The van der Waals surface area contributed by atoms with E-state index in [1.807, 2.05) is 0 Å². The van der Waals surface area contributed by atoms with Gasteiger partial charge in [0.1, 0.15) is 0 Å². The zero-order valence-corrected chi connectivity index (χ0v) is 17.6. The van der Waals surface area contributed by atoms with Crippen molar-refractivity contribution in [3.05, 3.63) is 90.6 Å². The summed E-state index contributed by atoms with van der Waals surface area (Å²) in [5.74, 6) is 0.732. The minimum atomic E-state index is 0.732. The molecule has 0 spiro atoms. The normalized spacial score (nSPS) is 12.0. The number of thiophene rings is 1. The highest BCUT2D eigenvalue weighted by atomic mass is 32.1. The molecule has 7 rings (SSSR count). The molecule has 0 fully saturated rings. The Morgan fingerprint density at radius 1 is 0.677 bits per heavy atom. The summed E-state index contributed by atoms with van der Waals surface area (Å²) in [5, 5.41) is 6.18. The van der Waals surface area contributed by atoms with Gasteiger partial charge >= 0.3 is 0 Å². The summed E-state index contributed by atoms with van der Waals surface area (Å²) < 4.78 is 4.63. The van der Waals surface area contributed by atoms with Crippen LogP contribution in [0.15, 0.2) is 84.9 Å². The minimum absolute atomic E-state index is 0.732. The fraction of sp³-hybridized carbons (Fsp3) is 0.0370. The van der Waals surface area contributed by atoms with Gasteiger partial charge in [-0.15, -0.1) is 11.3 Å². The first-order valence-corrected chi connectivity index (χ1v) is 11.2. The molecule has 0 aliphatic rings. The van der Waals surface area contributed by atoms with Crippen LogP contribution >= 0.6 is 11.3 Å². The molecule has 146 valence electrons. The first kappa shape index (κ1) is 17.0. The van der Waals surface area contributed by atoms with Crippen molar-refractivity contribution in [2.24, 2.45) is 0 Å². The summed E-state index contributed by atoms with van der Waals surface area (Å²) in [7, 11) is 0. The summed E-state index contributed by atoms with van der Waals surface area (Å²) in [6.07, 6.45) is 0. The van der Waals surface area contributed by atoms with Crippen molar-refractivity contribution in [1.29, 1.82) is 0 Å². The lowest BCUT2D eigenvalue weighted by Gasteiger charge is -2.08. The van der Waals surface area contributed by atoms with Gasteiger partial charge in [-0.1, -0.05) is 66.7 Å².